The zero-order chi connectivity index (χ0) is 25.2. The highest BCUT2D eigenvalue weighted by molar-refractivity contribution is 6.09. The van der Waals surface area contributed by atoms with Crippen molar-refractivity contribution in [3.05, 3.63) is 72.3 Å². The molecule has 5 aromatic rings. The van der Waals surface area contributed by atoms with Crippen molar-refractivity contribution in [2.24, 2.45) is 0 Å². The zero-order valence-corrected chi connectivity index (χ0v) is 20.2. The Morgan fingerprint density at radius 3 is 2.08 bits per heavy atom. The van der Waals surface area contributed by atoms with Gasteiger partial charge in [0.25, 0.3) is 5.91 Å². The van der Waals surface area contributed by atoms with Gasteiger partial charge in [0, 0.05) is 11.3 Å². The molecule has 0 aliphatic heterocycles. The van der Waals surface area contributed by atoms with Crippen molar-refractivity contribution in [1.29, 1.82) is 0 Å². The number of hydrogen-bond acceptors (Lipinski definition) is 7. The van der Waals surface area contributed by atoms with E-state index in [2.05, 4.69) is 10.3 Å². The molecule has 8 nitrogen and oxygen atoms in total. The number of methoxy groups -OCH3 is 4. The number of anilines is 1. The van der Waals surface area contributed by atoms with Gasteiger partial charge in [-0.25, -0.2) is 4.98 Å². The Morgan fingerprint density at radius 2 is 1.44 bits per heavy atom. The summed E-state index contributed by atoms with van der Waals surface area (Å²) < 4.78 is 27.7. The first-order valence-electron chi connectivity index (χ1n) is 11.1. The van der Waals surface area contributed by atoms with Crippen LogP contribution in [0.1, 0.15) is 10.4 Å². The Kier molecular flexibility index (Phi) is 6.08. The summed E-state index contributed by atoms with van der Waals surface area (Å²) >= 11 is 0. The predicted octanol–water partition coefficient (Wildman–Crippen LogP) is 5.93. The highest BCUT2D eigenvalue weighted by Gasteiger charge is 2.18. The van der Waals surface area contributed by atoms with Crippen molar-refractivity contribution in [3.8, 4) is 34.5 Å². The minimum atomic E-state index is -0.287. The molecule has 0 fully saturated rings. The summed E-state index contributed by atoms with van der Waals surface area (Å²) in [6.07, 6.45) is 0. The van der Waals surface area contributed by atoms with Crippen LogP contribution in [0.15, 0.2) is 71.1 Å². The van der Waals surface area contributed by atoms with Gasteiger partial charge in [-0.15, -0.1) is 0 Å². The topological polar surface area (TPSA) is 92.1 Å². The second-order valence-corrected chi connectivity index (χ2v) is 7.97. The van der Waals surface area contributed by atoms with Crippen molar-refractivity contribution in [2.75, 3.05) is 33.8 Å². The quantitative estimate of drug-likeness (QED) is 0.306. The number of amides is 1. The maximum absolute atomic E-state index is 13.1. The summed E-state index contributed by atoms with van der Waals surface area (Å²) in [5.41, 5.74) is 2.83. The second kappa shape index (κ2) is 9.50. The summed E-state index contributed by atoms with van der Waals surface area (Å²) in [5, 5.41) is 4.88. The van der Waals surface area contributed by atoms with Gasteiger partial charge in [0.05, 0.1) is 34.0 Å². The molecule has 0 aliphatic rings. The zero-order valence-electron chi connectivity index (χ0n) is 20.2. The predicted molar refractivity (Wildman–Crippen MR) is 138 cm³/mol. The molecule has 0 saturated carbocycles. The van der Waals surface area contributed by atoms with Crippen LogP contribution in [0.5, 0.6) is 23.0 Å². The van der Waals surface area contributed by atoms with Crippen molar-refractivity contribution in [3.63, 3.8) is 0 Å². The molecule has 8 heteroatoms. The minimum absolute atomic E-state index is 0.287. The number of hydrogen-bond donors (Lipinski definition) is 1. The third-order valence-corrected chi connectivity index (χ3v) is 5.87. The van der Waals surface area contributed by atoms with Gasteiger partial charge in [0.2, 0.25) is 11.6 Å². The molecule has 1 heterocycles. The first-order valence-corrected chi connectivity index (χ1v) is 11.1. The Bertz CT molecular complexity index is 1570. The molecule has 1 N–H and O–H groups in total. The van der Waals surface area contributed by atoms with Gasteiger partial charge in [0.15, 0.2) is 17.1 Å². The lowest BCUT2D eigenvalue weighted by Gasteiger charge is -2.12. The maximum Gasteiger partial charge on any atom is 0.259 e. The minimum Gasteiger partial charge on any atom is -0.496 e. The van der Waals surface area contributed by atoms with Crippen LogP contribution in [-0.4, -0.2) is 39.3 Å². The summed E-state index contributed by atoms with van der Waals surface area (Å²) in [6.45, 7) is 0. The van der Waals surface area contributed by atoms with Gasteiger partial charge >= 0.3 is 0 Å². The largest absolute Gasteiger partial charge is 0.496 e. The first-order chi connectivity index (χ1) is 17.5. The van der Waals surface area contributed by atoms with Gasteiger partial charge in [-0.2, -0.15) is 0 Å². The average Bonchev–Trinajstić information content (AvgIpc) is 3.34. The number of fused-ring (bicyclic) bond motifs is 2. The maximum atomic E-state index is 13.1. The summed E-state index contributed by atoms with van der Waals surface area (Å²) in [6, 6.07) is 20.3. The van der Waals surface area contributed by atoms with Gasteiger partial charge < -0.3 is 28.7 Å². The van der Waals surface area contributed by atoms with E-state index in [1.54, 1.807) is 58.8 Å². The molecule has 1 aromatic heterocycles. The fourth-order valence-corrected chi connectivity index (χ4v) is 4.10. The van der Waals surface area contributed by atoms with E-state index in [0.29, 0.717) is 56.8 Å². The van der Waals surface area contributed by atoms with Crippen LogP contribution in [0.2, 0.25) is 0 Å². The smallest absolute Gasteiger partial charge is 0.259 e. The van der Waals surface area contributed by atoms with E-state index in [-0.39, 0.29) is 5.91 Å². The summed E-state index contributed by atoms with van der Waals surface area (Å²) in [4.78, 5) is 17.7. The number of oxazole rings is 1. The lowest BCUT2D eigenvalue weighted by molar-refractivity contribution is 0.102. The van der Waals surface area contributed by atoms with Crippen LogP contribution in [0.25, 0.3) is 33.3 Å². The van der Waals surface area contributed by atoms with E-state index >= 15 is 0 Å². The highest BCUT2D eigenvalue weighted by Crippen LogP contribution is 2.41. The molecule has 0 saturated heterocycles. The van der Waals surface area contributed by atoms with Crippen LogP contribution < -0.4 is 24.3 Å². The van der Waals surface area contributed by atoms with Gasteiger partial charge in [0.1, 0.15) is 11.3 Å². The van der Waals surface area contributed by atoms with Gasteiger partial charge in [-0.05, 0) is 53.2 Å². The molecular formula is C28H24N2O6. The molecule has 0 aliphatic carbocycles. The fraction of sp³-hybridized carbons (Fsp3) is 0.143. The number of nitrogens with one attached hydrogen (secondary N) is 1. The van der Waals surface area contributed by atoms with Crippen molar-refractivity contribution >= 4 is 33.5 Å². The highest BCUT2D eigenvalue weighted by atomic mass is 16.5. The van der Waals surface area contributed by atoms with Crippen molar-refractivity contribution in [1.82, 2.24) is 4.98 Å². The number of aromatic nitrogens is 1. The summed E-state index contributed by atoms with van der Waals surface area (Å²) in [7, 11) is 6.19. The first kappa shape index (κ1) is 23.0. The Morgan fingerprint density at radius 1 is 0.778 bits per heavy atom. The number of nitrogens with zero attached hydrogens (tertiary/aromatic N) is 1. The van der Waals surface area contributed by atoms with E-state index in [1.165, 1.54) is 0 Å². The van der Waals surface area contributed by atoms with Crippen LogP contribution in [0.3, 0.4) is 0 Å². The number of ether oxygens (including phenoxy) is 4. The molecule has 182 valence electrons. The standard InChI is InChI=1S/C28H24N2O6/c1-32-23-12-17-8-6-5-7-16(17)11-20(23)27(31)29-19-9-10-22-21(15-19)30-28(36-22)18-13-24(33-2)26(35-4)25(14-18)34-3/h5-15H,1-4H3,(H,29,31). The molecule has 0 radical (unpaired) electrons. The fourth-order valence-electron chi connectivity index (χ4n) is 4.10. The van der Waals surface area contributed by atoms with Crippen molar-refractivity contribution in [2.45, 2.75) is 0 Å². The third kappa shape index (κ3) is 4.13. The number of benzene rings is 4. The normalized spacial score (nSPS) is 10.9. The number of carbonyl (C=O) groups excluding carboxylic acids is 1. The van der Waals surface area contributed by atoms with Crippen molar-refractivity contribution < 1.29 is 28.2 Å². The molecule has 36 heavy (non-hydrogen) atoms. The van der Waals surface area contributed by atoms with E-state index in [0.717, 1.165) is 10.8 Å². The Labute approximate surface area is 207 Å². The molecule has 0 unspecified atom stereocenters. The lowest BCUT2D eigenvalue weighted by atomic mass is 10.1. The summed E-state index contributed by atoms with van der Waals surface area (Å²) in [5.74, 6) is 2.05. The van der Waals surface area contributed by atoms with E-state index in [4.69, 9.17) is 23.4 Å². The molecule has 4 aromatic carbocycles. The Hall–Kier alpha value is -4.72. The van der Waals surface area contributed by atoms with Crippen LogP contribution in [-0.2, 0) is 0 Å². The molecule has 0 spiro atoms. The van der Waals surface area contributed by atoms with E-state index in [9.17, 15) is 4.79 Å². The molecular weight excluding hydrogens is 460 g/mol. The molecule has 0 bridgehead atoms. The molecule has 5 rings (SSSR count). The third-order valence-electron chi connectivity index (χ3n) is 5.87. The lowest BCUT2D eigenvalue weighted by Crippen LogP contribution is -2.13. The van der Waals surface area contributed by atoms with E-state index in [1.807, 2.05) is 36.4 Å². The second-order valence-electron chi connectivity index (χ2n) is 7.97. The molecule has 0 atom stereocenters. The average molecular weight is 485 g/mol. The SMILES string of the molecule is COc1cc2ccccc2cc1C(=O)Nc1ccc2oc(-c3cc(OC)c(OC)c(OC)c3)nc2c1. The number of rotatable bonds is 7. The molecule has 1 amide bonds. The van der Waals surface area contributed by atoms with Crippen LogP contribution in [0.4, 0.5) is 5.69 Å². The van der Waals surface area contributed by atoms with Gasteiger partial charge in [-0.1, -0.05) is 24.3 Å². The van der Waals surface area contributed by atoms with Crippen LogP contribution >= 0.6 is 0 Å². The van der Waals surface area contributed by atoms with Crippen LogP contribution in [0, 0.1) is 0 Å². The van der Waals surface area contributed by atoms with Gasteiger partial charge in [-0.3, -0.25) is 4.79 Å². The van der Waals surface area contributed by atoms with E-state index < -0.39 is 0 Å². The number of carbonyl (C=O) groups is 1. The monoisotopic (exact) mass is 484 g/mol. The Balaban J connectivity index is 1.47.